The second kappa shape index (κ2) is 7.89. The maximum Gasteiger partial charge on any atom is 0.216 e. The van der Waals surface area contributed by atoms with Crippen molar-refractivity contribution in [3.05, 3.63) is 35.4 Å². The lowest BCUT2D eigenvalue weighted by Crippen LogP contribution is -2.36. The van der Waals surface area contributed by atoms with E-state index in [0.29, 0.717) is 0 Å². The molecule has 1 unspecified atom stereocenters. The summed E-state index contributed by atoms with van der Waals surface area (Å²) in [5.74, 6) is 0.753. The SMILES string of the molecule is CCC(CSC)NS(=O)(=O)Cc1ccc(CO)cc1. The Labute approximate surface area is 119 Å². The lowest BCUT2D eigenvalue weighted by atomic mass is 10.2. The van der Waals surface area contributed by atoms with E-state index in [2.05, 4.69) is 4.72 Å². The van der Waals surface area contributed by atoms with Crippen molar-refractivity contribution in [1.29, 1.82) is 0 Å². The molecule has 0 aliphatic heterocycles. The quantitative estimate of drug-likeness (QED) is 0.768. The fraction of sp³-hybridized carbons (Fsp3) is 0.538. The molecule has 4 nitrogen and oxygen atoms in total. The van der Waals surface area contributed by atoms with Crippen molar-refractivity contribution in [3.63, 3.8) is 0 Å². The van der Waals surface area contributed by atoms with Crippen LogP contribution in [0.1, 0.15) is 24.5 Å². The highest BCUT2D eigenvalue weighted by Crippen LogP contribution is 2.10. The summed E-state index contributed by atoms with van der Waals surface area (Å²) in [4.78, 5) is 0. The predicted molar refractivity (Wildman–Crippen MR) is 80.6 cm³/mol. The molecule has 6 heteroatoms. The molecule has 0 fully saturated rings. The number of hydrogen-bond acceptors (Lipinski definition) is 4. The molecule has 1 rings (SSSR count). The van der Waals surface area contributed by atoms with E-state index in [1.165, 1.54) is 0 Å². The van der Waals surface area contributed by atoms with Crippen molar-refractivity contribution in [2.75, 3.05) is 12.0 Å². The highest BCUT2D eigenvalue weighted by molar-refractivity contribution is 7.98. The minimum absolute atomic E-state index is 0.0169. The number of thioether (sulfide) groups is 1. The third kappa shape index (κ3) is 5.95. The summed E-state index contributed by atoms with van der Waals surface area (Å²) < 4.78 is 26.8. The number of hydrogen-bond donors (Lipinski definition) is 2. The van der Waals surface area contributed by atoms with Crippen molar-refractivity contribution in [2.24, 2.45) is 0 Å². The molecule has 0 saturated carbocycles. The summed E-state index contributed by atoms with van der Waals surface area (Å²) in [7, 11) is -3.31. The van der Waals surface area contributed by atoms with Crippen LogP contribution in [-0.2, 0) is 22.4 Å². The number of benzene rings is 1. The highest BCUT2D eigenvalue weighted by Gasteiger charge is 2.16. The Balaban J connectivity index is 2.67. The van der Waals surface area contributed by atoms with Gasteiger partial charge < -0.3 is 5.11 Å². The zero-order chi connectivity index (χ0) is 14.3. The van der Waals surface area contributed by atoms with Gasteiger partial charge in [0.25, 0.3) is 0 Å². The minimum Gasteiger partial charge on any atom is -0.392 e. The Bertz CT molecular complexity index is 471. The van der Waals surface area contributed by atoms with Gasteiger partial charge in [-0.2, -0.15) is 11.8 Å². The van der Waals surface area contributed by atoms with Crippen molar-refractivity contribution in [2.45, 2.75) is 31.7 Å². The third-order valence-electron chi connectivity index (χ3n) is 2.77. The molecule has 0 saturated heterocycles. The maximum atomic E-state index is 12.0. The van der Waals surface area contributed by atoms with Crippen LogP contribution >= 0.6 is 11.8 Å². The van der Waals surface area contributed by atoms with Gasteiger partial charge in [0.05, 0.1) is 12.4 Å². The fourth-order valence-corrected chi connectivity index (χ4v) is 3.99. The van der Waals surface area contributed by atoms with E-state index >= 15 is 0 Å². The average Bonchev–Trinajstić information content (AvgIpc) is 2.38. The maximum absolute atomic E-state index is 12.0. The summed E-state index contributed by atoms with van der Waals surface area (Å²) in [6.07, 6.45) is 2.74. The molecule has 0 bridgehead atoms. The Morgan fingerprint density at radius 1 is 1.26 bits per heavy atom. The van der Waals surface area contributed by atoms with Crippen LogP contribution in [0.25, 0.3) is 0 Å². The zero-order valence-electron chi connectivity index (χ0n) is 11.3. The number of sulfonamides is 1. The van der Waals surface area contributed by atoms with Gasteiger partial charge >= 0.3 is 0 Å². The van der Waals surface area contributed by atoms with Gasteiger partial charge in [-0.05, 0) is 23.8 Å². The molecule has 0 amide bonds. The number of rotatable bonds is 8. The van der Waals surface area contributed by atoms with Gasteiger partial charge in [0.2, 0.25) is 10.0 Å². The van der Waals surface area contributed by atoms with Crippen molar-refractivity contribution in [3.8, 4) is 0 Å². The summed E-state index contributed by atoms with van der Waals surface area (Å²) in [5.41, 5.74) is 1.51. The van der Waals surface area contributed by atoms with Crippen molar-refractivity contribution in [1.82, 2.24) is 4.72 Å². The summed E-state index contributed by atoms with van der Waals surface area (Å²) in [6.45, 7) is 1.94. The first-order valence-corrected chi connectivity index (χ1v) is 9.23. The lowest BCUT2D eigenvalue weighted by molar-refractivity contribution is 0.282. The van der Waals surface area contributed by atoms with Crippen LogP contribution in [0, 0.1) is 0 Å². The van der Waals surface area contributed by atoms with Gasteiger partial charge in [-0.3, -0.25) is 0 Å². The second-order valence-corrected chi connectivity index (χ2v) is 7.08. The zero-order valence-corrected chi connectivity index (χ0v) is 12.9. The van der Waals surface area contributed by atoms with Gasteiger partial charge in [0.1, 0.15) is 0 Å². The van der Waals surface area contributed by atoms with Gasteiger partial charge in [0.15, 0.2) is 0 Å². The Morgan fingerprint density at radius 2 is 1.84 bits per heavy atom. The molecule has 19 heavy (non-hydrogen) atoms. The topological polar surface area (TPSA) is 66.4 Å². The van der Waals surface area contributed by atoms with Gasteiger partial charge in [0, 0.05) is 11.8 Å². The molecule has 0 spiro atoms. The standard InChI is InChI=1S/C13H21NO3S2/c1-3-13(9-18-2)14-19(16,17)10-12-6-4-11(8-15)5-7-12/h4-7,13-15H,3,8-10H2,1-2H3. The Morgan fingerprint density at radius 3 is 2.32 bits per heavy atom. The molecular weight excluding hydrogens is 282 g/mol. The summed E-state index contributed by atoms with van der Waals surface area (Å²) >= 11 is 1.63. The van der Waals surface area contributed by atoms with Gasteiger partial charge in [-0.15, -0.1) is 0 Å². The second-order valence-electron chi connectivity index (χ2n) is 4.41. The van der Waals surface area contributed by atoms with Crippen LogP contribution in [0.2, 0.25) is 0 Å². The molecule has 0 aliphatic rings. The first kappa shape index (κ1) is 16.5. The molecule has 1 aromatic rings. The predicted octanol–water partition coefficient (Wildman–Crippen LogP) is 1.74. The van der Waals surface area contributed by atoms with Crippen LogP contribution in [0.15, 0.2) is 24.3 Å². The van der Waals surface area contributed by atoms with E-state index in [-0.39, 0.29) is 18.4 Å². The van der Waals surface area contributed by atoms with Crippen molar-refractivity contribution >= 4 is 21.8 Å². The monoisotopic (exact) mass is 303 g/mol. The number of nitrogens with one attached hydrogen (secondary N) is 1. The highest BCUT2D eigenvalue weighted by atomic mass is 32.2. The number of aliphatic hydroxyl groups excluding tert-OH is 1. The molecule has 0 aliphatic carbocycles. The third-order valence-corrected chi connectivity index (χ3v) is 4.91. The Kier molecular flexibility index (Phi) is 6.85. The fourth-order valence-electron chi connectivity index (χ4n) is 1.69. The van der Waals surface area contributed by atoms with Gasteiger partial charge in [-0.1, -0.05) is 31.2 Å². The molecule has 108 valence electrons. The smallest absolute Gasteiger partial charge is 0.216 e. The van der Waals surface area contributed by atoms with E-state index in [0.717, 1.165) is 23.3 Å². The first-order valence-electron chi connectivity index (χ1n) is 6.18. The van der Waals surface area contributed by atoms with E-state index in [4.69, 9.17) is 5.11 Å². The molecule has 1 atom stereocenters. The van der Waals surface area contributed by atoms with Crippen LogP contribution in [-0.4, -0.2) is 31.6 Å². The Hall–Kier alpha value is -0.560. The lowest BCUT2D eigenvalue weighted by Gasteiger charge is -2.16. The summed E-state index contributed by atoms with van der Waals surface area (Å²) in [5, 5.41) is 8.94. The molecule has 0 heterocycles. The van der Waals surface area contributed by atoms with Gasteiger partial charge in [-0.25, -0.2) is 13.1 Å². The van der Waals surface area contributed by atoms with Crippen LogP contribution in [0.4, 0.5) is 0 Å². The molecule has 1 aromatic carbocycles. The molecule has 0 aromatic heterocycles. The van der Waals surface area contributed by atoms with E-state index in [9.17, 15) is 8.42 Å². The normalized spacial score (nSPS) is 13.4. The molecule has 2 N–H and O–H groups in total. The van der Waals surface area contributed by atoms with E-state index < -0.39 is 10.0 Å². The van der Waals surface area contributed by atoms with Crippen LogP contribution in [0.5, 0.6) is 0 Å². The van der Waals surface area contributed by atoms with E-state index in [1.54, 1.807) is 36.0 Å². The van der Waals surface area contributed by atoms with E-state index in [1.807, 2.05) is 13.2 Å². The summed E-state index contributed by atoms with van der Waals surface area (Å²) in [6, 6.07) is 6.94. The average molecular weight is 303 g/mol. The van der Waals surface area contributed by atoms with Crippen molar-refractivity contribution < 1.29 is 13.5 Å². The number of aliphatic hydroxyl groups is 1. The molecular formula is C13H21NO3S2. The first-order chi connectivity index (χ1) is 9.00. The van der Waals surface area contributed by atoms with Crippen LogP contribution in [0.3, 0.4) is 0 Å². The molecule has 0 radical (unpaired) electrons. The largest absolute Gasteiger partial charge is 0.392 e. The minimum atomic E-state index is -3.31. The van der Waals surface area contributed by atoms with Crippen LogP contribution < -0.4 is 4.72 Å².